The van der Waals surface area contributed by atoms with E-state index in [1.54, 1.807) is 7.05 Å². The lowest BCUT2D eigenvalue weighted by atomic mass is 10.1. The van der Waals surface area contributed by atoms with Crippen LogP contribution in [0.25, 0.3) is 10.9 Å². The number of benzene rings is 2. The quantitative estimate of drug-likeness (QED) is 0.251. The molecule has 1 amide bonds. The first-order chi connectivity index (χ1) is 14.7. The lowest BCUT2D eigenvalue weighted by molar-refractivity contribution is 0.0963. The highest BCUT2D eigenvalue weighted by atomic mass is 16.1. The van der Waals surface area contributed by atoms with Gasteiger partial charge in [0.2, 0.25) is 0 Å². The Kier molecular flexibility index (Phi) is 7.89. The molecule has 4 N–H and O–H groups in total. The average molecular weight is 406 g/mol. The van der Waals surface area contributed by atoms with Crippen LogP contribution < -0.4 is 16.0 Å². The second kappa shape index (κ2) is 11.0. The van der Waals surface area contributed by atoms with Gasteiger partial charge in [-0.25, -0.2) is 0 Å². The Labute approximate surface area is 178 Å². The number of aromatic amines is 1. The summed E-state index contributed by atoms with van der Waals surface area (Å²) in [6, 6.07) is 16.1. The Morgan fingerprint density at radius 2 is 1.93 bits per heavy atom. The average Bonchev–Trinajstić information content (AvgIpc) is 3.19. The number of para-hydroxylation sites is 1. The minimum atomic E-state index is -0.0603. The maximum atomic E-state index is 11.8. The number of rotatable bonds is 9. The third-order valence-corrected chi connectivity index (χ3v) is 5.02. The van der Waals surface area contributed by atoms with Gasteiger partial charge in [-0.05, 0) is 55.5 Å². The van der Waals surface area contributed by atoms with Crippen LogP contribution in [-0.4, -0.2) is 43.5 Å². The zero-order valence-corrected chi connectivity index (χ0v) is 17.8. The summed E-state index contributed by atoms with van der Waals surface area (Å²) < 4.78 is 0. The van der Waals surface area contributed by atoms with Gasteiger partial charge >= 0.3 is 0 Å². The smallest absolute Gasteiger partial charge is 0.251 e. The minimum absolute atomic E-state index is 0.0603. The second-order valence-corrected chi connectivity index (χ2v) is 7.18. The molecule has 3 aromatic rings. The fraction of sp³-hybridized carbons (Fsp3) is 0.333. The molecule has 30 heavy (non-hydrogen) atoms. The molecule has 0 aliphatic rings. The number of hydrogen-bond donors (Lipinski definition) is 4. The van der Waals surface area contributed by atoms with E-state index in [4.69, 9.17) is 4.99 Å². The predicted molar refractivity (Wildman–Crippen MR) is 124 cm³/mol. The molecule has 0 saturated carbocycles. The molecule has 0 unspecified atom stereocenters. The van der Waals surface area contributed by atoms with E-state index in [1.165, 1.54) is 16.5 Å². The first kappa shape index (κ1) is 21.4. The summed E-state index contributed by atoms with van der Waals surface area (Å²) in [7, 11) is 1.65. The summed E-state index contributed by atoms with van der Waals surface area (Å²) in [5.74, 6) is 0.772. The van der Waals surface area contributed by atoms with Gasteiger partial charge in [-0.3, -0.25) is 9.79 Å². The van der Waals surface area contributed by atoms with E-state index in [0.717, 1.165) is 50.4 Å². The van der Waals surface area contributed by atoms with Gasteiger partial charge in [-0.1, -0.05) is 30.3 Å². The van der Waals surface area contributed by atoms with E-state index < -0.39 is 0 Å². The van der Waals surface area contributed by atoms with E-state index in [9.17, 15) is 4.79 Å². The zero-order chi connectivity index (χ0) is 21.2. The number of carbonyl (C=O) groups is 1. The third-order valence-electron chi connectivity index (χ3n) is 5.02. The van der Waals surface area contributed by atoms with Crippen molar-refractivity contribution >= 4 is 22.8 Å². The molecule has 0 aliphatic heterocycles. The van der Waals surface area contributed by atoms with Crippen LogP contribution in [0.3, 0.4) is 0 Å². The molecule has 0 aliphatic carbocycles. The Balaban J connectivity index is 1.48. The summed E-state index contributed by atoms with van der Waals surface area (Å²) >= 11 is 0. The van der Waals surface area contributed by atoms with E-state index >= 15 is 0 Å². The van der Waals surface area contributed by atoms with Crippen molar-refractivity contribution in [2.45, 2.75) is 26.2 Å². The predicted octanol–water partition coefficient (Wildman–Crippen LogP) is 3.26. The van der Waals surface area contributed by atoms with E-state index in [0.29, 0.717) is 5.56 Å². The van der Waals surface area contributed by atoms with Crippen molar-refractivity contribution in [1.82, 2.24) is 20.9 Å². The first-order valence-electron chi connectivity index (χ1n) is 10.6. The molecule has 2 aromatic carbocycles. The fourth-order valence-electron chi connectivity index (χ4n) is 3.48. The number of guanidine groups is 1. The van der Waals surface area contributed by atoms with Crippen LogP contribution in [0.2, 0.25) is 0 Å². The Morgan fingerprint density at radius 3 is 2.77 bits per heavy atom. The van der Waals surface area contributed by atoms with Crippen LogP contribution in [0.5, 0.6) is 0 Å². The fourth-order valence-corrected chi connectivity index (χ4v) is 3.48. The molecule has 1 aromatic heterocycles. The highest BCUT2D eigenvalue weighted by Gasteiger charge is 2.05. The molecule has 158 valence electrons. The van der Waals surface area contributed by atoms with Gasteiger partial charge in [0.25, 0.3) is 5.91 Å². The Hall–Kier alpha value is -3.28. The first-order valence-corrected chi connectivity index (χ1v) is 10.6. The lowest BCUT2D eigenvalue weighted by Crippen LogP contribution is -2.38. The second-order valence-electron chi connectivity index (χ2n) is 7.18. The number of amides is 1. The van der Waals surface area contributed by atoms with Gasteiger partial charge in [-0.15, -0.1) is 0 Å². The van der Waals surface area contributed by atoms with Crippen LogP contribution in [0.4, 0.5) is 0 Å². The number of nitrogens with zero attached hydrogens (tertiary/aromatic N) is 1. The number of hydrogen-bond acceptors (Lipinski definition) is 2. The largest absolute Gasteiger partial charge is 0.361 e. The molecule has 6 heteroatoms. The molecule has 3 rings (SSSR count). The van der Waals surface area contributed by atoms with Crippen molar-refractivity contribution in [2.75, 3.05) is 26.7 Å². The highest BCUT2D eigenvalue weighted by Crippen LogP contribution is 2.18. The number of aliphatic imine (C=N–C) groups is 1. The Bertz CT molecular complexity index is 992. The minimum Gasteiger partial charge on any atom is -0.361 e. The standard InChI is InChI=1S/C24H31N5O/c1-3-26-24(28-15-13-18-8-6-9-19(16-18)23(30)25-2)27-14-7-10-20-17-29-22-12-5-4-11-21(20)22/h4-6,8-9,11-12,16-17,29H,3,7,10,13-15H2,1-2H3,(H,25,30)(H2,26,27,28). The molecule has 1 heterocycles. The number of carbonyl (C=O) groups excluding carboxylic acids is 1. The summed E-state index contributed by atoms with van der Waals surface area (Å²) in [6.07, 6.45) is 4.92. The maximum absolute atomic E-state index is 11.8. The van der Waals surface area contributed by atoms with Crippen molar-refractivity contribution in [1.29, 1.82) is 0 Å². The third kappa shape index (κ3) is 5.86. The van der Waals surface area contributed by atoms with Gasteiger partial charge < -0.3 is 20.9 Å². The van der Waals surface area contributed by atoms with E-state index in [2.05, 4.69) is 58.3 Å². The van der Waals surface area contributed by atoms with Gasteiger partial charge in [0, 0.05) is 49.3 Å². The van der Waals surface area contributed by atoms with Crippen LogP contribution in [0.1, 0.15) is 34.8 Å². The maximum Gasteiger partial charge on any atom is 0.251 e. The van der Waals surface area contributed by atoms with Crippen molar-refractivity contribution in [3.63, 3.8) is 0 Å². The van der Waals surface area contributed by atoms with Gasteiger partial charge in [0.05, 0.1) is 0 Å². The molecular weight excluding hydrogens is 374 g/mol. The molecular formula is C24H31N5O. The van der Waals surface area contributed by atoms with Gasteiger partial charge in [0.1, 0.15) is 0 Å². The summed E-state index contributed by atoms with van der Waals surface area (Å²) in [5, 5.41) is 10.6. The van der Waals surface area contributed by atoms with Crippen molar-refractivity contribution in [3.05, 3.63) is 71.4 Å². The number of aryl methyl sites for hydroxylation is 1. The lowest BCUT2D eigenvalue weighted by Gasteiger charge is -2.11. The van der Waals surface area contributed by atoms with Crippen molar-refractivity contribution in [2.24, 2.45) is 4.99 Å². The van der Waals surface area contributed by atoms with Gasteiger partial charge in [0.15, 0.2) is 5.96 Å². The van der Waals surface area contributed by atoms with Crippen molar-refractivity contribution < 1.29 is 4.79 Å². The summed E-state index contributed by atoms with van der Waals surface area (Å²) in [5.41, 5.74) is 4.34. The molecule has 0 spiro atoms. The van der Waals surface area contributed by atoms with Gasteiger partial charge in [-0.2, -0.15) is 0 Å². The molecule has 0 fully saturated rings. The monoisotopic (exact) mass is 405 g/mol. The molecule has 0 radical (unpaired) electrons. The molecule has 6 nitrogen and oxygen atoms in total. The molecule has 0 atom stereocenters. The van der Waals surface area contributed by atoms with Crippen LogP contribution in [0, 0.1) is 0 Å². The van der Waals surface area contributed by atoms with Crippen LogP contribution in [0.15, 0.2) is 59.7 Å². The van der Waals surface area contributed by atoms with Crippen LogP contribution in [-0.2, 0) is 12.8 Å². The Morgan fingerprint density at radius 1 is 1.07 bits per heavy atom. The number of aromatic nitrogens is 1. The molecule has 0 bridgehead atoms. The summed E-state index contributed by atoms with van der Waals surface area (Å²) in [4.78, 5) is 19.8. The number of H-pyrrole nitrogens is 1. The number of nitrogens with one attached hydrogen (secondary N) is 4. The number of fused-ring (bicyclic) bond motifs is 1. The molecule has 0 saturated heterocycles. The highest BCUT2D eigenvalue weighted by molar-refractivity contribution is 5.94. The van der Waals surface area contributed by atoms with E-state index in [-0.39, 0.29) is 5.91 Å². The SMILES string of the molecule is CCNC(=NCCCc1c[nH]c2ccccc12)NCCc1cccc(C(=O)NC)c1. The van der Waals surface area contributed by atoms with E-state index in [1.807, 2.05) is 24.3 Å². The summed E-state index contributed by atoms with van der Waals surface area (Å²) in [6.45, 7) is 4.41. The normalized spacial score (nSPS) is 11.5. The topological polar surface area (TPSA) is 81.3 Å². The van der Waals surface area contributed by atoms with Crippen LogP contribution >= 0.6 is 0 Å². The van der Waals surface area contributed by atoms with Crippen molar-refractivity contribution in [3.8, 4) is 0 Å². The zero-order valence-electron chi connectivity index (χ0n) is 17.8.